The van der Waals surface area contributed by atoms with E-state index in [0.717, 1.165) is 41.3 Å². The Morgan fingerprint density at radius 2 is 2.10 bits per heavy atom. The fourth-order valence-corrected chi connectivity index (χ4v) is 4.57. The molecule has 0 radical (unpaired) electrons. The van der Waals surface area contributed by atoms with Crippen molar-refractivity contribution in [2.24, 2.45) is 0 Å². The van der Waals surface area contributed by atoms with Crippen LogP contribution in [0, 0.1) is 12.7 Å². The van der Waals surface area contributed by atoms with Gasteiger partial charge in [0.1, 0.15) is 23.4 Å². The van der Waals surface area contributed by atoms with E-state index in [2.05, 4.69) is 25.3 Å². The molecule has 11 heteroatoms. The van der Waals surface area contributed by atoms with Crippen LogP contribution in [0.1, 0.15) is 18.4 Å². The second-order valence-corrected chi connectivity index (χ2v) is 8.23. The number of anilines is 2. The number of benzene rings is 1. The van der Waals surface area contributed by atoms with Gasteiger partial charge >= 0.3 is 5.69 Å². The zero-order valence-electron chi connectivity index (χ0n) is 16.1. The zero-order chi connectivity index (χ0) is 20.8. The van der Waals surface area contributed by atoms with E-state index in [1.807, 2.05) is 0 Å². The lowest BCUT2D eigenvalue weighted by Crippen LogP contribution is -2.28. The Morgan fingerprint density at radius 1 is 1.30 bits per heavy atom. The highest BCUT2D eigenvalue weighted by atomic mass is 32.1. The maximum Gasteiger partial charge on any atom is 0.352 e. The second kappa shape index (κ2) is 7.17. The van der Waals surface area contributed by atoms with E-state index in [4.69, 9.17) is 0 Å². The molecule has 5 rings (SSSR count). The Hall–Kier alpha value is -3.34. The first kappa shape index (κ1) is 18.7. The van der Waals surface area contributed by atoms with Crippen LogP contribution in [-0.4, -0.2) is 43.1 Å². The highest BCUT2D eigenvalue weighted by molar-refractivity contribution is 7.22. The quantitative estimate of drug-likeness (QED) is 0.536. The Kier molecular flexibility index (Phi) is 4.46. The summed E-state index contributed by atoms with van der Waals surface area (Å²) in [6.07, 6.45) is 3.63. The average molecular weight is 427 g/mol. The number of nitrogens with one attached hydrogen (secondary N) is 1. The smallest absolute Gasteiger partial charge is 0.348 e. The predicted octanol–water partition coefficient (Wildman–Crippen LogP) is 2.19. The van der Waals surface area contributed by atoms with Crippen LogP contribution in [0.4, 0.5) is 15.2 Å². The largest absolute Gasteiger partial charge is 0.352 e. The third kappa shape index (κ3) is 3.20. The van der Waals surface area contributed by atoms with E-state index in [1.165, 1.54) is 34.2 Å². The van der Waals surface area contributed by atoms with Gasteiger partial charge in [-0.2, -0.15) is 4.98 Å². The Balaban J connectivity index is 1.45. The molecule has 154 valence electrons. The number of rotatable bonds is 4. The Labute approximate surface area is 173 Å². The number of halogens is 1. The van der Waals surface area contributed by atoms with Gasteiger partial charge in [0.25, 0.3) is 0 Å². The fourth-order valence-electron chi connectivity index (χ4n) is 3.52. The molecule has 9 nitrogen and oxygen atoms in total. The maximum atomic E-state index is 14.0. The van der Waals surface area contributed by atoms with Gasteiger partial charge in [-0.3, -0.25) is 4.79 Å². The number of fused-ring (bicyclic) bond motifs is 3. The number of carbonyl (C=O) groups is 1. The normalized spacial score (nSPS) is 14.1. The molecular weight excluding hydrogens is 409 g/mol. The van der Waals surface area contributed by atoms with Crippen LogP contribution in [0.15, 0.2) is 29.3 Å². The molecule has 4 heterocycles. The lowest BCUT2D eigenvalue weighted by molar-refractivity contribution is -0.117. The number of aryl methyl sites for hydroxylation is 1. The minimum atomic E-state index is -0.547. The lowest BCUT2D eigenvalue weighted by atomic mass is 10.2. The Bertz CT molecular complexity index is 1340. The molecule has 0 aliphatic carbocycles. The standard InChI is InChI=1S/C19H18FN7O2S/c1-11-4-5-13(12(20)8-11)22-14(28)9-27-19(29)26-10-21-16-15(17(26)24-27)30-18(23-16)25-6-2-3-7-25/h4-5,8,10H,2-3,6-7,9H2,1H3,(H,22,28). The first-order valence-electron chi connectivity index (χ1n) is 9.55. The van der Waals surface area contributed by atoms with Crippen LogP contribution in [0.5, 0.6) is 0 Å². The van der Waals surface area contributed by atoms with E-state index >= 15 is 0 Å². The van der Waals surface area contributed by atoms with E-state index in [1.54, 1.807) is 13.0 Å². The van der Waals surface area contributed by atoms with Crippen molar-refractivity contribution in [1.82, 2.24) is 24.1 Å². The molecule has 1 amide bonds. The molecule has 30 heavy (non-hydrogen) atoms. The minimum Gasteiger partial charge on any atom is -0.348 e. The number of aromatic nitrogens is 5. The van der Waals surface area contributed by atoms with Crippen molar-refractivity contribution in [1.29, 1.82) is 0 Å². The van der Waals surface area contributed by atoms with Crippen molar-refractivity contribution < 1.29 is 9.18 Å². The van der Waals surface area contributed by atoms with E-state index in [9.17, 15) is 14.0 Å². The van der Waals surface area contributed by atoms with Gasteiger partial charge in [0.2, 0.25) is 5.91 Å². The van der Waals surface area contributed by atoms with Gasteiger partial charge in [0.05, 0.1) is 5.69 Å². The van der Waals surface area contributed by atoms with Crippen molar-refractivity contribution in [3.8, 4) is 0 Å². The number of carbonyl (C=O) groups excluding carboxylic acids is 1. The van der Waals surface area contributed by atoms with Crippen molar-refractivity contribution in [2.75, 3.05) is 23.3 Å². The minimum absolute atomic E-state index is 0.0594. The summed E-state index contributed by atoms with van der Waals surface area (Å²) >= 11 is 1.44. The monoisotopic (exact) mass is 427 g/mol. The summed E-state index contributed by atoms with van der Waals surface area (Å²) in [5.74, 6) is -1.08. The molecule has 1 aromatic carbocycles. The summed E-state index contributed by atoms with van der Waals surface area (Å²) in [7, 11) is 0. The molecule has 1 saturated heterocycles. The molecule has 0 atom stereocenters. The van der Waals surface area contributed by atoms with Crippen molar-refractivity contribution in [3.05, 3.63) is 46.4 Å². The van der Waals surface area contributed by atoms with Crippen LogP contribution in [-0.2, 0) is 11.3 Å². The summed E-state index contributed by atoms with van der Waals surface area (Å²) < 4.78 is 17.0. The van der Waals surface area contributed by atoms with Crippen molar-refractivity contribution >= 4 is 44.1 Å². The number of hydrogen-bond acceptors (Lipinski definition) is 7. The third-order valence-electron chi connectivity index (χ3n) is 5.04. The van der Waals surface area contributed by atoms with Gasteiger partial charge in [-0.25, -0.2) is 23.3 Å². The zero-order valence-corrected chi connectivity index (χ0v) is 16.9. The summed E-state index contributed by atoms with van der Waals surface area (Å²) in [5.41, 5.74) is 1.25. The summed E-state index contributed by atoms with van der Waals surface area (Å²) in [5, 5.41) is 7.66. The summed E-state index contributed by atoms with van der Waals surface area (Å²) in [6.45, 7) is 3.32. The van der Waals surface area contributed by atoms with E-state index < -0.39 is 17.4 Å². The van der Waals surface area contributed by atoms with E-state index in [-0.39, 0.29) is 12.2 Å². The van der Waals surface area contributed by atoms with Gasteiger partial charge in [-0.05, 0) is 37.5 Å². The highest BCUT2D eigenvalue weighted by Gasteiger charge is 2.20. The predicted molar refractivity (Wildman–Crippen MR) is 112 cm³/mol. The van der Waals surface area contributed by atoms with Gasteiger partial charge < -0.3 is 10.2 Å². The first-order valence-corrected chi connectivity index (χ1v) is 10.4. The molecule has 0 spiro atoms. The average Bonchev–Trinajstić information content (AvgIpc) is 3.43. The van der Waals surface area contributed by atoms with Crippen LogP contribution < -0.4 is 15.9 Å². The molecule has 1 aliphatic rings. The second-order valence-electron chi connectivity index (χ2n) is 7.25. The first-order chi connectivity index (χ1) is 14.5. The van der Waals surface area contributed by atoms with E-state index in [0.29, 0.717) is 16.0 Å². The molecular formula is C19H18FN7O2S. The third-order valence-corrected chi connectivity index (χ3v) is 6.14. The van der Waals surface area contributed by atoms with Gasteiger partial charge in [-0.1, -0.05) is 17.4 Å². The molecule has 1 fully saturated rings. The van der Waals surface area contributed by atoms with Gasteiger partial charge in [0.15, 0.2) is 16.4 Å². The topological polar surface area (TPSA) is 97.4 Å². The number of amides is 1. The van der Waals surface area contributed by atoms with Crippen LogP contribution in [0.2, 0.25) is 0 Å². The fraction of sp³-hybridized carbons (Fsp3) is 0.316. The highest BCUT2D eigenvalue weighted by Crippen LogP contribution is 2.31. The van der Waals surface area contributed by atoms with Crippen LogP contribution in [0.3, 0.4) is 0 Å². The van der Waals surface area contributed by atoms with Gasteiger partial charge in [-0.15, -0.1) is 5.10 Å². The lowest BCUT2D eigenvalue weighted by Gasteiger charge is -2.11. The summed E-state index contributed by atoms with van der Waals surface area (Å²) in [6, 6.07) is 4.51. The number of thiazole rings is 1. The molecule has 0 bridgehead atoms. The maximum absolute atomic E-state index is 14.0. The molecule has 0 saturated carbocycles. The SMILES string of the molecule is Cc1ccc(NC(=O)Cn2nc3c4sc(N5CCCC5)nc4ncn3c2=O)c(F)c1. The molecule has 1 N–H and O–H groups in total. The summed E-state index contributed by atoms with van der Waals surface area (Å²) in [4.78, 5) is 36.1. The molecule has 1 aliphatic heterocycles. The molecule has 0 unspecified atom stereocenters. The van der Waals surface area contributed by atoms with Crippen molar-refractivity contribution in [3.63, 3.8) is 0 Å². The van der Waals surface area contributed by atoms with Gasteiger partial charge in [0, 0.05) is 13.1 Å². The molecule has 4 aromatic rings. The van der Waals surface area contributed by atoms with Crippen molar-refractivity contribution in [2.45, 2.75) is 26.3 Å². The van der Waals surface area contributed by atoms with Crippen LogP contribution >= 0.6 is 11.3 Å². The van der Waals surface area contributed by atoms with Crippen LogP contribution in [0.25, 0.3) is 16.0 Å². The number of hydrogen-bond donors (Lipinski definition) is 1. The Morgan fingerprint density at radius 3 is 2.87 bits per heavy atom. The number of nitrogens with zero attached hydrogens (tertiary/aromatic N) is 6. The molecule has 3 aromatic heterocycles.